The molecule has 4 fully saturated rings. The van der Waals surface area contributed by atoms with Gasteiger partial charge < -0.3 is 0 Å². The summed E-state index contributed by atoms with van der Waals surface area (Å²) in [5, 5.41) is 0. The summed E-state index contributed by atoms with van der Waals surface area (Å²) in [7, 11) is 0. The zero-order valence-corrected chi connectivity index (χ0v) is 17.0. The molecule has 0 N–H and O–H groups in total. The molecule has 1 heteroatoms. The molecule has 4 aliphatic rings. The van der Waals surface area contributed by atoms with Gasteiger partial charge in [-0.2, -0.15) is 0 Å². The summed E-state index contributed by atoms with van der Waals surface area (Å²) in [5.41, 5.74) is 0.969. The third kappa shape index (κ3) is 2.74. The molecule has 0 radical (unpaired) electrons. The van der Waals surface area contributed by atoms with Gasteiger partial charge in [-0.05, 0) is 92.3 Å². The molecule has 0 heterocycles. The molecule has 0 spiro atoms. The summed E-state index contributed by atoms with van der Waals surface area (Å²) < 4.78 is 0. The smallest absolute Gasteiger partial charge is 0.136 e. The van der Waals surface area contributed by atoms with E-state index in [4.69, 9.17) is 0 Å². The van der Waals surface area contributed by atoms with Crippen LogP contribution in [0.1, 0.15) is 104 Å². The fraction of sp³-hybridized carbons (Fsp3) is 0.958. The summed E-state index contributed by atoms with van der Waals surface area (Å²) in [6, 6.07) is 0. The van der Waals surface area contributed by atoms with Gasteiger partial charge in [0.15, 0.2) is 0 Å². The van der Waals surface area contributed by atoms with Crippen LogP contribution in [0.2, 0.25) is 0 Å². The fourth-order valence-corrected chi connectivity index (χ4v) is 8.35. The zero-order valence-electron chi connectivity index (χ0n) is 17.0. The van der Waals surface area contributed by atoms with Crippen LogP contribution in [0.15, 0.2) is 0 Å². The maximum atomic E-state index is 12.9. The minimum Gasteiger partial charge on any atom is -0.299 e. The third-order valence-electron chi connectivity index (χ3n) is 9.75. The molecule has 0 saturated heterocycles. The Hall–Kier alpha value is -0.330. The Morgan fingerprint density at radius 3 is 2.48 bits per heavy atom. The standard InChI is InChI=1S/C24H40O/c1-4-5-9-22(25)21-13-12-19-18-11-10-17-8-6-7-15-23(17,2)20(18)14-16-24(19,21)3/h17-21H,4-16H2,1-3H3. The van der Waals surface area contributed by atoms with Crippen molar-refractivity contribution in [3.05, 3.63) is 0 Å². The highest BCUT2D eigenvalue weighted by molar-refractivity contribution is 5.82. The second-order valence-electron chi connectivity index (χ2n) is 10.6. The second-order valence-corrected chi connectivity index (χ2v) is 10.6. The highest BCUT2D eigenvalue weighted by Crippen LogP contribution is 2.67. The summed E-state index contributed by atoms with van der Waals surface area (Å²) >= 11 is 0. The van der Waals surface area contributed by atoms with Crippen LogP contribution in [0.3, 0.4) is 0 Å². The van der Waals surface area contributed by atoms with Gasteiger partial charge in [-0.15, -0.1) is 0 Å². The maximum absolute atomic E-state index is 12.9. The Labute approximate surface area is 155 Å². The number of ketones is 1. The van der Waals surface area contributed by atoms with Crippen molar-refractivity contribution in [1.29, 1.82) is 0 Å². The van der Waals surface area contributed by atoms with Crippen molar-refractivity contribution in [3.8, 4) is 0 Å². The number of hydrogen-bond acceptors (Lipinski definition) is 1. The maximum Gasteiger partial charge on any atom is 0.136 e. The molecule has 25 heavy (non-hydrogen) atoms. The van der Waals surface area contributed by atoms with Gasteiger partial charge in [-0.25, -0.2) is 0 Å². The highest BCUT2D eigenvalue weighted by atomic mass is 16.1. The monoisotopic (exact) mass is 344 g/mol. The highest BCUT2D eigenvalue weighted by Gasteiger charge is 2.60. The minimum atomic E-state index is 0.337. The van der Waals surface area contributed by atoms with Gasteiger partial charge in [0, 0.05) is 12.3 Å². The van der Waals surface area contributed by atoms with Crippen molar-refractivity contribution in [1.82, 2.24) is 0 Å². The van der Waals surface area contributed by atoms with Crippen LogP contribution in [0.25, 0.3) is 0 Å². The molecule has 0 amide bonds. The van der Waals surface area contributed by atoms with E-state index < -0.39 is 0 Å². The molecule has 7 atom stereocenters. The molecule has 7 unspecified atom stereocenters. The van der Waals surface area contributed by atoms with Crippen LogP contribution < -0.4 is 0 Å². The van der Waals surface area contributed by atoms with Crippen LogP contribution in [-0.4, -0.2) is 5.78 Å². The first-order valence-electron chi connectivity index (χ1n) is 11.5. The van der Waals surface area contributed by atoms with Gasteiger partial charge in [-0.1, -0.05) is 40.0 Å². The number of rotatable bonds is 4. The van der Waals surface area contributed by atoms with Gasteiger partial charge in [0.25, 0.3) is 0 Å². The lowest BCUT2D eigenvalue weighted by molar-refractivity contribution is -0.135. The van der Waals surface area contributed by atoms with Gasteiger partial charge in [-0.3, -0.25) is 4.79 Å². The van der Waals surface area contributed by atoms with Crippen molar-refractivity contribution in [2.75, 3.05) is 0 Å². The minimum absolute atomic E-state index is 0.337. The van der Waals surface area contributed by atoms with Crippen molar-refractivity contribution >= 4 is 5.78 Å². The molecule has 0 bridgehead atoms. The van der Waals surface area contributed by atoms with Gasteiger partial charge >= 0.3 is 0 Å². The lowest BCUT2D eigenvalue weighted by Crippen LogP contribution is -2.53. The average molecular weight is 345 g/mol. The fourth-order valence-electron chi connectivity index (χ4n) is 8.35. The van der Waals surface area contributed by atoms with Gasteiger partial charge in [0.05, 0.1) is 0 Å². The molecule has 0 aromatic rings. The molecule has 4 aliphatic carbocycles. The molecule has 0 aliphatic heterocycles. The number of Topliss-reactive ketones (excluding diaryl/α,β-unsaturated/α-hetero) is 1. The molecule has 142 valence electrons. The Morgan fingerprint density at radius 1 is 0.880 bits per heavy atom. The van der Waals surface area contributed by atoms with E-state index in [1.54, 1.807) is 0 Å². The van der Waals surface area contributed by atoms with Crippen molar-refractivity contribution in [2.24, 2.45) is 40.4 Å². The van der Waals surface area contributed by atoms with E-state index in [1.807, 2.05) is 0 Å². The quantitative estimate of drug-likeness (QED) is 0.548. The molecule has 0 aromatic heterocycles. The van der Waals surface area contributed by atoms with Crippen LogP contribution in [-0.2, 0) is 4.79 Å². The SMILES string of the molecule is CCCCC(=O)C1CCC2C3CCC4CCCCC4(C)C3CCC12C. The van der Waals surface area contributed by atoms with E-state index in [9.17, 15) is 4.79 Å². The Kier molecular flexibility index (Phi) is 4.82. The Bertz CT molecular complexity index is 510. The Morgan fingerprint density at radius 2 is 1.68 bits per heavy atom. The van der Waals surface area contributed by atoms with Crippen molar-refractivity contribution in [2.45, 2.75) is 104 Å². The van der Waals surface area contributed by atoms with Crippen LogP contribution in [0.5, 0.6) is 0 Å². The number of unbranched alkanes of at least 4 members (excludes halogenated alkanes) is 1. The summed E-state index contributed by atoms with van der Waals surface area (Å²) in [6.45, 7) is 7.39. The molecular weight excluding hydrogens is 304 g/mol. The molecule has 4 rings (SSSR count). The Balaban J connectivity index is 1.54. The van der Waals surface area contributed by atoms with Crippen LogP contribution in [0.4, 0.5) is 0 Å². The lowest BCUT2D eigenvalue weighted by atomic mass is 9.45. The van der Waals surface area contributed by atoms with Crippen LogP contribution >= 0.6 is 0 Å². The average Bonchev–Trinajstić information content (AvgIpc) is 2.96. The zero-order chi connectivity index (χ0) is 17.7. The summed E-state index contributed by atoms with van der Waals surface area (Å²) in [6.07, 6.45) is 17.3. The molecular formula is C24H40O. The van der Waals surface area contributed by atoms with E-state index >= 15 is 0 Å². The second kappa shape index (κ2) is 6.68. The van der Waals surface area contributed by atoms with E-state index in [0.717, 1.165) is 42.9 Å². The van der Waals surface area contributed by atoms with Gasteiger partial charge in [0.1, 0.15) is 5.78 Å². The topological polar surface area (TPSA) is 17.1 Å². The number of carbonyl (C=O) groups excluding carboxylic acids is 1. The molecule has 4 saturated carbocycles. The van der Waals surface area contributed by atoms with Crippen molar-refractivity contribution in [3.63, 3.8) is 0 Å². The van der Waals surface area contributed by atoms with E-state index in [2.05, 4.69) is 20.8 Å². The third-order valence-corrected chi connectivity index (χ3v) is 9.75. The first-order chi connectivity index (χ1) is 12.0. The van der Waals surface area contributed by atoms with Gasteiger partial charge in [0.2, 0.25) is 0 Å². The van der Waals surface area contributed by atoms with E-state index in [0.29, 0.717) is 22.5 Å². The molecule has 0 aromatic carbocycles. The number of fused-ring (bicyclic) bond motifs is 5. The predicted octanol–water partition coefficient (Wildman–Crippen LogP) is 6.79. The van der Waals surface area contributed by atoms with Crippen molar-refractivity contribution < 1.29 is 4.79 Å². The number of carbonyl (C=O) groups is 1. The lowest BCUT2D eigenvalue weighted by Gasteiger charge is -2.60. The summed E-state index contributed by atoms with van der Waals surface area (Å²) in [5.74, 6) is 4.76. The van der Waals surface area contributed by atoms with Crippen LogP contribution in [0, 0.1) is 40.4 Å². The van der Waals surface area contributed by atoms with E-state index in [-0.39, 0.29) is 0 Å². The predicted molar refractivity (Wildman–Crippen MR) is 104 cm³/mol. The summed E-state index contributed by atoms with van der Waals surface area (Å²) in [4.78, 5) is 12.9. The number of hydrogen-bond donors (Lipinski definition) is 0. The first kappa shape index (κ1) is 18.1. The molecule has 1 nitrogen and oxygen atoms in total. The van der Waals surface area contributed by atoms with E-state index in [1.165, 1.54) is 64.2 Å². The largest absolute Gasteiger partial charge is 0.299 e. The normalized spacial score (nSPS) is 49.2. The first-order valence-corrected chi connectivity index (χ1v) is 11.5.